The van der Waals surface area contributed by atoms with Gasteiger partial charge in [0.15, 0.2) is 0 Å². The van der Waals surface area contributed by atoms with Crippen molar-refractivity contribution < 1.29 is 9.53 Å². The monoisotopic (exact) mass is 458 g/mol. The lowest BCUT2D eigenvalue weighted by Crippen LogP contribution is -2.39. The van der Waals surface area contributed by atoms with Gasteiger partial charge in [-0.15, -0.1) is 0 Å². The average molecular weight is 459 g/mol. The van der Waals surface area contributed by atoms with Crippen LogP contribution in [0.4, 0.5) is 0 Å². The van der Waals surface area contributed by atoms with E-state index in [0.717, 1.165) is 55.8 Å². The summed E-state index contributed by atoms with van der Waals surface area (Å²) in [5.41, 5.74) is 4.74. The molecule has 2 aromatic rings. The van der Waals surface area contributed by atoms with Gasteiger partial charge in [-0.05, 0) is 43.5 Å². The van der Waals surface area contributed by atoms with E-state index in [9.17, 15) is 4.79 Å². The number of halogens is 1. The maximum absolute atomic E-state index is 13.2. The molecule has 4 nitrogen and oxygen atoms in total. The van der Waals surface area contributed by atoms with Gasteiger partial charge in [0.2, 0.25) is 5.91 Å². The summed E-state index contributed by atoms with van der Waals surface area (Å²) in [6.07, 6.45) is 1.41. The molecular formula is C24H31BrN2O2. The molecule has 0 bridgehead atoms. The molecule has 1 aliphatic rings. The molecule has 0 aliphatic carbocycles. The van der Waals surface area contributed by atoms with E-state index in [1.54, 1.807) is 0 Å². The van der Waals surface area contributed by atoms with E-state index in [1.807, 2.05) is 29.2 Å². The molecule has 0 spiro atoms. The largest absolute Gasteiger partial charge is 0.379 e. The van der Waals surface area contributed by atoms with Crippen LogP contribution in [0.5, 0.6) is 0 Å². The summed E-state index contributed by atoms with van der Waals surface area (Å²) >= 11 is 3.50. The van der Waals surface area contributed by atoms with Crippen molar-refractivity contribution in [1.29, 1.82) is 0 Å². The van der Waals surface area contributed by atoms with Gasteiger partial charge in [0.1, 0.15) is 0 Å². The van der Waals surface area contributed by atoms with Crippen LogP contribution in [0.15, 0.2) is 46.9 Å². The van der Waals surface area contributed by atoms with Gasteiger partial charge in [-0.25, -0.2) is 0 Å². The lowest BCUT2D eigenvalue weighted by molar-refractivity contribution is -0.131. The zero-order chi connectivity index (χ0) is 20.6. The van der Waals surface area contributed by atoms with Gasteiger partial charge in [0, 0.05) is 37.2 Å². The van der Waals surface area contributed by atoms with E-state index < -0.39 is 0 Å². The first kappa shape index (κ1) is 22.0. The Balaban J connectivity index is 1.66. The second kappa shape index (κ2) is 10.9. The van der Waals surface area contributed by atoms with Crippen LogP contribution in [-0.2, 0) is 22.5 Å². The van der Waals surface area contributed by atoms with Gasteiger partial charge in [-0.2, -0.15) is 0 Å². The van der Waals surface area contributed by atoms with Gasteiger partial charge in [0.05, 0.1) is 19.6 Å². The van der Waals surface area contributed by atoms with Gasteiger partial charge in [-0.1, -0.05) is 57.4 Å². The zero-order valence-corrected chi connectivity index (χ0v) is 19.1. The van der Waals surface area contributed by atoms with Crippen LogP contribution in [0.1, 0.15) is 28.7 Å². The smallest absolute Gasteiger partial charge is 0.227 e. The second-order valence-electron chi connectivity index (χ2n) is 7.93. The van der Waals surface area contributed by atoms with Crippen molar-refractivity contribution in [2.24, 2.45) is 0 Å². The van der Waals surface area contributed by atoms with E-state index in [1.165, 1.54) is 16.7 Å². The molecule has 0 saturated carbocycles. The molecule has 1 heterocycles. The number of benzene rings is 2. The van der Waals surface area contributed by atoms with Crippen molar-refractivity contribution in [2.45, 2.75) is 33.2 Å². The Labute approximate surface area is 183 Å². The fourth-order valence-electron chi connectivity index (χ4n) is 3.92. The zero-order valence-electron chi connectivity index (χ0n) is 17.5. The van der Waals surface area contributed by atoms with E-state index >= 15 is 0 Å². The summed E-state index contributed by atoms with van der Waals surface area (Å²) in [7, 11) is 0. The highest BCUT2D eigenvalue weighted by atomic mass is 79.9. The average Bonchev–Trinajstić information content (AvgIpc) is 2.67. The third kappa shape index (κ3) is 7.25. The quantitative estimate of drug-likeness (QED) is 0.588. The molecule has 3 rings (SSSR count). The van der Waals surface area contributed by atoms with Crippen LogP contribution in [0.3, 0.4) is 0 Å². The molecule has 0 unspecified atom stereocenters. The first-order valence-electron chi connectivity index (χ1n) is 10.4. The fourth-order valence-corrected chi connectivity index (χ4v) is 4.36. The number of carbonyl (C=O) groups excluding carboxylic acids is 1. The minimum Gasteiger partial charge on any atom is -0.379 e. The lowest BCUT2D eigenvalue weighted by Gasteiger charge is -2.28. The summed E-state index contributed by atoms with van der Waals surface area (Å²) in [4.78, 5) is 17.6. The molecule has 156 valence electrons. The van der Waals surface area contributed by atoms with Gasteiger partial charge < -0.3 is 9.64 Å². The number of carbonyl (C=O) groups is 1. The highest BCUT2D eigenvalue weighted by molar-refractivity contribution is 9.10. The standard InChI is InChI=1S/C24H31BrN2O2/c1-19-13-20(2)15-22(14-19)18-27(8-4-7-26-9-11-29-12-10-26)24(28)17-21-5-3-6-23(25)16-21/h3,5-6,13-16H,4,7-12,17-18H2,1-2H3. The SMILES string of the molecule is Cc1cc(C)cc(CN(CCCN2CCOCC2)C(=O)Cc2cccc(Br)c2)c1. The fraction of sp³-hybridized carbons (Fsp3) is 0.458. The van der Waals surface area contributed by atoms with Crippen molar-refractivity contribution >= 4 is 21.8 Å². The second-order valence-corrected chi connectivity index (χ2v) is 8.84. The summed E-state index contributed by atoms with van der Waals surface area (Å²) in [6.45, 7) is 10.3. The number of amides is 1. The molecule has 0 aromatic heterocycles. The number of nitrogens with zero attached hydrogens (tertiary/aromatic N) is 2. The van der Waals surface area contributed by atoms with Crippen LogP contribution in [0.25, 0.3) is 0 Å². The molecule has 1 fully saturated rings. The molecule has 2 aromatic carbocycles. The number of ether oxygens (including phenoxy) is 1. The summed E-state index contributed by atoms with van der Waals surface area (Å²) in [5.74, 6) is 0.184. The minimum atomic E-state index is 0.184. The van der Waals surface area contributed by atoms with Crippen LogP contribution >= 0.6 is 15.9 Å². The highest BCUT2D eigenvalue weighted by Crippen LogP contribution is 2.16. The predicted octanol–water partition coefficient (Wildman–Crippen LogP) is 4.36. The van der Waals surface area contributed by atoms with Crippen molar-refractivity contribution in [3.63, 3.8) is 0 Å². The molecule has 1 saturated heterocycles. The summed E-state index contributed by atoms with van der Waals surface area (Å²) in [5, 5.41) is 0. The molecule has 29 heavy (non-hydrogen) atoms. The van der Waals surface area contributed by atoms with Crippen molar-refractivity contribution in [2.75, 3.05) is 39.4 Å². The normalized spacial score (nSPS) is 14.7. The third-order valence-corrected chi connectivity index (χ3v) is 5.75. The molecule has 0 radical (unpaired) electrons. The van der Waals surface area contributed by atoms with Gasteiger partial charge in [0.25, 0.3) is 0 Å². The van der Waals surface area contributed by atoms with Crippen LogP contribution in [0.2, 0.25) is 0 Å². The Hall–Kier alpha value is -1.69. The number of aryl methyl sites for hydroxylation is 2. The Morgan fingerprint density at radius 2 is 1.79 bits per heavy atom. The molecule has 0 atom stereocenters. The van der Waals surface area contributed by atoms with Gasteiger partial charge >= 0.3 is 0 Å². The first-order valence-corrected chi connectivity index (χ1v) is 11.2. The number of hydrogen-bond acceptors (Lipinski definition) is 3. The summed E-state index contributed by atoms with van der Waals surface area (Å²) in [6, 6.07) is 14.6. The number of hydrogen-bond donors (Lipinski definition) is 0. The Kier molecular flexibility index (Phi) is 8.28. The van der Waals surface area contributed by atoms with Crippen LogP contribution < -0.4 is 0 Å². The van der Waals surface area contributed by atoms with E-state index in [4.69, 9.17) is 4.74 Å². The highest BCUT2D eigenvalue weighted by Gasteiger charge is 2.17. The predicted molar refractivity (Wildman–Crippen MR) is 121 cm³/mol. The van der Waals surface area contributed by atoms with E-state index in [-0.39, 0.29) is 5.91 Å². The summed E-state index contributed by atoms with van der Waals surface area (Å²) < 4.78 is 6.44. The van der Waals surface area contributed by atoms with Gasteiger partial charge in [-0.3, -0.25) is 9.69 Å². The first-order chi connectivity index (χ1) is 14.0. The third-order valence-electron chi connectivity index (χ3n) is 5.26. The maximum Gasteiger partial charge on any atom is 0.227 e. The lowest BCUT2D eigenvalue weighted by atomic mass is 10.1. The van der Waals surface area contributed by atoms with Crippen molar-refractivity contribution in [1.82, 2.24) is 9.80 Å². The Bertz CT molecular complexity index is 798. The molecular weight excluding hydrogens is 428 g/mol. The van der Waals surface area contributed by atoms with E-state index in [2.05, 4.69) is 52.9 Å². The topological polar surface area (TPSA) is 32.8 Å². The minimum absolute atomic E-state index is 0.184. The van der Waals surface area contributed by atoms with Crippen LogP contribution in [0, 0.1) is 13.8 Å². The molecule has 1 aliphatic heterocycles. The number of morpholine rings is 1. The molecule has 5 heteroatoms. The Morgan fingerprint density at radius 3 is 2.48 bits per heavy atom. The molecule has 1 amide bonds. The Morgan fingerprint density at radius 1 is 1.07 bits per heavy atom. The maximum atomic E-state index is 13.2. The van der Waals surface area contributed by atoms with E-state index in [0.29, 0.717) is 13.0 Å². The molecule has 0 N–H and O–H groups in total. The number of rotatable bonds is 8. The van der Waals surface area contributed by atoms with Crippen molar-refractivity contribution in [3.8, 4) is 0 Å². The van der Waals surface area contributed by atoms with Crippen molar-refractivity contribution in [3.05, 3.63) is 69.2 Å². The van der Waals surface area contributed by atoms with Crippen LogP contribution in [-0.4, -0.2) is 55.1 Å².